The van der Waals surface area contributed by atoms with Crippen molar-refractivity contribution in [3.63, 3.8) is 0 Å². The molecule has 16 heavy (non-hydrogen) atoms. The van der Waals surface area contributed by atoms with Gasteiger partial charge in [0.15, 0.2) is 0 Å². The van der Waals surface area contributed by atoms with Crippen LogP contribution in [0.5, 0.6) is 0 Å². The van der Waals surface area contributed by atoms with Gasteiger partial charge < -0.3 is 12.6 Å². The van der Waals surface area contributed by atoms with Crippen molar-refractivity contribution in [3.8, 4) is 0 Å². The number of hydrogen-bond donors (Lipinski definition) is 0. The topological polar surface area (TPSA) is 43.4 Å². The molecule has 0 aromatic heterocycles. The van der Waals surface area contributed by atoms with E-state index < -0.39 is 11.0 Å². The van der Waals surface area contributed by atoms with Crippen molar-refractivity contribution in [2.45, 2.75) is 64.7 Å². The molecule has 0 amide bonds. The Morgan fingerprint density at radius 3 is 1.69 bits per heavy atom. The van der Waals surface area contributed by atoms with Crippen LogP contribution in [0.3, 0.4) is 0 Å². The third-order valence-electron chi connectivity index (χ3n) is 2.43. The Balaban J connectivity index is 0. The average molecular weight is 274 g/mol. The molecule has 3 nitrogen and oxygen atoms in total. The molecule has 0 radical (unpaired) electrons. The Morgan fingerprint density at radius 1 is 0.812 bits per heavy atom. The molecule has 0 aliphatic heterocycles. The first-order valence-electron chi connectivity index (χ1n) is 6.00. The number of rotatable bonds is 11. The monoisotopic (exact) mass is 274 g/mol. The molecule has 0 aliphatic rings. The minimum absolute atomic E-state index is 0. The quantitative estimate of drug-likeness (QED) is 0.317. The summed E-state index contributed by atoms with van der Waals surface area (Å²) >= 11 is 0. The molecule has 0 fully saturated rings. The van der Waals surface area contributed by atoms with Crippen LogP contribution in [0.15, 0.2) is 0 Å². The first-order chi connectivity index (χ1) is 7.27. The van der Waals surface area contributed by atoms with Crippen molar-refractivity contribution < 1.29 is 64.0 Å². The molecule has 0 heterocycles. The van der Waals surface area contributed by atoms with Gasteiger partial charge in [0.05, 0.1) is 11.0 Å². The summed E-state index contributed by atoms with van der Waals surface area (Å²) in [4.78, 5) is 0. The van der Waals surface area contributed by atoms with E-state index in [-0.39, 0.29) is 51.4 Å². The fraction of sp³-hybridized carbons (Fsp3) is 1.00. The van der Waals surface area contributed by atoms with Crippen LogP contribution in [-0.4, -0.2) is 6.61 Å². The summed E-state index contributed by atoms with van der Waals surface area (Å²) in [7, 11) is -2.33. The second-order valence-electron chi connectivity index (χ2n) is 3.85. The molecule has 5 heteroatoms. The average Bonchev–Trinajstić information content (AvgIpc) is 2.20. The summed E-state index contributed by atoms with van der Waals surface area (Å²) in [5, 5.41) is 0. The molecule has 0 N–H and O–H groups in total. The summed E-state index contributed by atoms with van der Waals surface area (Å²) < 4.78 is 24.4. The molecule has 0 saturated carbocycles. The van der Waals surface area contributed by atoms with Crippen molar-refractivity contribution in [2.24, 2.45) is 0 Å². The molecule has 0 aliphatic carbocycles. The van der Waals surface area contributed by atoms with Gasteiger partial charge in [-0.05, 0) is 6.42 Å². The zero-order chi connectivity index (χ0) is 11.4. The van der Waals surface area contributed by atoms with Crippen LogP contribution in [0.1, 0.15) is 64.7 Å². The fourth-order valence-corrected chi connectivity index (χ4v) is 1.79. The predicted octanol–water partition coefficient (Wildman–Crippen LogP) is 0.762. The summed E-state index contributed by atoms with van der Waals surface area (Å²) in [5.41, 5.74) is 0. The Bertz CT molecular complexity index is 188. The van der Waals surface area contributed by atoms with Crippen molar-refractivity contribution in [1.82, 2.24) is 0 Å². The second-order valence-corrected chi connectivity index (χ2v) is 4.50. The van der Waals surface area contributed by atoms with Crippen molar-refractivity contribution in [3.05, 3.63) is 0 Å². The maximum absolute atomic E-state index is 10.0. The molecule has 0 atom stereocenters. The maximum Gasteiger partial charge on any atom is 1.00 e. The summed E-state index contributed by atoms with van der Waals surface area (Å²) in [6, 6.07) is 0. The summed E-state index contributed by atoms with van der Waals surface area (Å²) in [6.45, 7) is 2.56. The Labute approximate surface area is 144 Å². The van der Waals surface area contributed by atoms with Gasteiger partial charge in [0.25, 0.3) is 0 Å². The van der Waals surface area contributed by atoms with Gasteiger partial charge in [-0.2, -0.15) is 0 Å². The zero-order valence-corrected chi connectivity index (χ0v) is 14.6. The molecule has 0 aromatic carbocycles. The standard InChI is InChI=1S/C11H23O3S.K/c1-2-3-4-5-6-7-8-9-10-11-14-15(12)13;/h2-11H2,1H3;/q-1;+1. The van der Waals surface area contributed by atoms with Gasteiger partial charge in [-0.15, -0.1) is 0 Å². The maximum atomic E-state index is 10.0. The molecular weight excluding hydrogens is 251 g/mol. The van der Waals surface area contributed by atoms with E-state index >= 15 is 0 Å². The van der Waals surface area contributed by atoms with E-state index in [4.69, 9.17) is 0 Å². The number of unbranched alkanes of at least 4 members (excludes halogenated alkanes) is 8. The van der Waals surface area contributed by atoms with E-state index in [0.717, 1.165) is 12.8 Å². The zero-order valence-electron chi connectivity index (χ0n) is 10.7. The van der Waals surface area contributed by atoms with Gasteiger partial charge in [-0.1, -0.05) is 58.3 Å². The van der Waals surface area contributed by atoms with E-state index in [0.29, 0.717) is 6.61 Å². The molecule has 0 bridgehead atoms. The van der Waals surface area contributed by atoms with E-state index in [1.165, 1.54) is 44.9 Å². The molecular formula is C11H23KO3S. The Kier molecular flexibility index (Phi) is 20.6. The third-order valence-corrected chi connectivity index (χ3v) is 2.79. The van der Waals surface area contributed by atoms with E-state index in [9.17, 15) is 8.42 Å². The minimum Gasteiger partial charge on any atom is -0.424 e. The molecule has 0 spiro atoms. The van der Waals surface area contributed by atoms with Gasteiger partial charge in [-0.25, -0.2) is 0 Å². The van der Waals surface area contributed by atoms with E-state index in [2.05, 4.69) is 11.1 Å². The largest absolute Gasteiger partial charge is 1.00 e. The van der Waals surface area contributed by atoms with Gasteiger partial charge >= 0.3 is 51.4 Å². The smallest absolute Gasteiger partial charge is 0.424 e. The first-order valence-corrected chi connectivity index (χ1v) is 7.00. The van der Waals surface area contributed by atoms with Crippen LogP contribution in [0.2, 0.25) is 0 Å². The molecule has 0 unspecified atom stereocenters. The molecule has 0 aromatic rings. The van der Waals surface area contributed by atoms with Crippen molar-refractivity contribution in [2.75, 3.05) is 6.61 Å². The Hall–Kier alpha value is 1.55. The Morgan fingerprint density at radius 2 is 1.25 bits per heavy atom. The molecule has 0 saturated heterocycles. The predicted molar refractivity (Wildman–Crippen MR) is 61.9 cm³/mol. The van der Waals surface area contributed by atoms with E-state index in [1.54, 1.807) is 0 Å². The van der Waals surface area contributed by atoms with Crippen LogP contribution in [0.25, 0.3) is 0 Å². The molecule has 0 rings (SSSR count). The van der Waals surface area contributed by atoms with Crippen molar-refractivity contribution in [1.29, 1.82) is 0 Å². The minimum atomic E-state index is -2.33. The van der Waals surface area contributed by atoms with Crippen LogP contribution >= 0.6 is 0 Å². The van der Waals surface area contributed by atoms with Gasteiger partial charge in [0.1, 0.15) is 0 Å². The van der Waals surface area contributed by atoms with Crippen LogP contribution in [0.4, 0.5) is 0 Å². The van der Waals surface area contributed by atoms with Gasteiger partial charge in [0.2, 0.25) is 0 Å². The third kappa shape index (κ3) is 17.9. The normalized spacial score (nSPS) is 10.4. The number of hydrogen-bond acceptors (Lipinski definition) is 4. The van der Waals surface area contributed by atoms with E-state index in [1.807, 2.05) is 0 Å². The SMILES string of the molecule is CCCCCCCCCCCO[S-](=O)=O.[K+]. The second kappa shape index (κ2) is 16.5. The van der Waals surface area contributed by atoms with Gasteiger partial charge in [-0.3, -0.25) is 0 Å². The summed E-state index contributed by atoms with van der Waals surface area (Å²) in [6.07, 6.45) is 11.0. The van der Waals surface area contributed by atoms with Crippen LogP contribution < -0.4 is 51.4 Å². The first kappa shape index (κ1) is 19.9. The molecule has 92 valence electrons. The fourth-order valence-electron chi connectivity index (χ4n) is 1.54. The van der Waals surface area contributed by atoms with Gasteiger partial charge in [0, 0.05) is 6.61 Å². The van der Waals surface area contributed by atoms with Crippen molar-refractivity contribution >= 4 is 11.0 Å². The summed E-state index contributed by atoms with van der Waals surface area (Å²) in [5.74, 6) is 0. The van der Waals surface area contributed by atoms with Crippen LogP contribution in [0, 0.1) is 0 Å². The van der Waals surface area contributed by atoms with Crippen LogP contribution in [-0.2, 0) is 23.6 Å².